The van der Waals surface area contributed by atoms with Crippen LogP contribution in [0.5, 0.6) is 0 Å². The van der Waals surface area contributed by atoms with Gasteiger partial charge in [0.2, 0.25) is 0 Å². The first kappa shape index (κ1) is 19.4. The van der Waals surface area contributed by atoms with Crippen molar-refractivity contribution in [1.29, 1.82) is 0 Å². The van der Waals surface area contributed by atoms with Crippen molar-refractivity contribution >= 4 is 41.4 Å². The molecule has 1 N–H and O–H groups in total. The van der Waals surface area contributed by atoms with Crippen LogP contribution < -0.4 is 10.2 Å². The van der Waals surface area contributed by atoms with Gasteiger partial charge in [0, 0.05) is 42.6 Å². The summed E-state index contributed by atoms with van der Waals surface area (Å²) in [6, 6.07) is 13.5. The third kappa shape index (κ3) is 4.59. The molecule has 0 saturated carbocycles. The van der Waals surface area contributed by atoms with Gasteiger partial charge in [0.05, 0.1) is 0 Å². The number of benzene rings is 2. The zero-order chi connectivity index (χ0) is 17.1. The smallest absolute Gasteiger partial charge is 0.321 e. The number of piperazine rings is 1. The summed E-state index contributed by atoms with van der Waals surface area (Å²) < 4.78 is 0. The highest BCUT2D eigenvalue weighted by Crippen LogP contribution is 2.24. The molecule has 0 aromatic heterocycles. The van der Waals surface area contributed by atoms with E-state index in [9.17, 15) is 4.79 Å². The molecule has 2 aromatic rings. The number of anilines is 2. The van der Waals surface area contributed by atoms with Gasteiger partial charge in [0.25, 0.3) is 0 Å². The van der Waals surface area contributed by atoms with Crippen LogP contribution in [0.25, 0.3) is 0 Å². The molecule has 4 nitrogen and oxygen atoms in total. The number of hydrogen-bond acceptors (Lipinski definition) is 2. The molecule has 25 heavy (non-hydrogen) atoms. The normalized spacial score (nSPS) is 14.0. The van der Waals surface area contributed by atoms with Crippen LogP contribution in [0.3, 0.4) is 0 Å². The van der Waals surface area contributed by atoms with E-state index in [-0.39, 0.29) is 18.4 Å². The quantitative estimate of drug-likeness (QED) is 0.818. The number of nitrogens with one attached hydrogen (secondary N) is 1. The molecule has 2 aromatic carbocycles. The first-order valence-corrected chi connectivity index (χ1v) is 8.55. The number of halogens is 2. The molecule has 1 saturated heterocycles. The molecule has 1 aliphatic rings. The molecule has 2 amide bonds. The van der Waals surface area contributed by atoms with E-state index in [4.69, 9.17) is 11.6 Å². The number of amides is 2. The average Bonchev–Trinajstić information content (AvgIpc) is 2.59. The Morgan fingerprint density at radius 3 is 2.28 bits per heavy atom. The highest BCUT2D eigenvalue weighted by atomic mass is 35.5. The first-order valence-electron chi connectivity index (χ1n) is 8.17. The lowest BCUT2D eigenvalue weighted by molar-refractivity contribution is 0.208. The van der Waals surface area contributed by atoms with Crippen LogP contribution in [0.15, 0.2) is 42.5 Å². The van der Waals surface area contributed by atoms with Gasteiger partial charge < -0.3 is 15.1 Å². The van der Waals surface area contributed by atoms with Crippen molar-refractivity contribution < 1.29 is 4.79 Å². The summed E-state index contributed by atoms with van der Waals surface area (Å²) in [4.78, 5) is 16.6. The second-order valence-corrected chi connectivity index (χ2v) is 6.57. The predicted molar refractivity (Wildman–Crippen MR) is 107 cm³/mol. The average molecular weight is 380 g/mol. The van der Waals surface area contributed by atoms with Crippen molar-refractivity contribution in [3.05, 3.63) is 58.6 Å². The van der Waals surface area contributed by atoms with Gasteiger partial charge in [-0.05, 0) is 55.3 Å². The molecule has 1 aliphatic heterocycles. The van der Waals surface area contributed by atoms with E-state index in [1.54, 1.807) is 12.1 Å². The monoisotopic (exact) mass is 379 g/mol. The molecule has 0 atom stereocenters. The second-order valence-electron chi connectivity index (χ2n) is 6.13. The molecular weight excluding hydrogens is 357 g/mol. The van der Waals surface area contributed by atoms with Gasteiger partial charge >= 0.3 is 6.03 Å². The number of carbonyl (C=O) groups excluding carboxylic acids is 1. The van der Waals surface area contributed by atoms with E-state index in [1.807, 2.05) is 17.0 Å². The maximum Gasteiger partial charge on any atom is 0.321 e. The Kier molecular flexibility index (Phi) is 6.57. The minimum atomic E-state index is -0.0575. The van der Waals surface area contributed by atoms with Crippen molar-refractivity contribution in [2.24, 2.45) is 0 Å². The van der Waals surface area contributed by atoms with E-state index in [0.29, 0.717) is 18.1 Å². The van der Waals surface area contributed by atoms with Crippen LogP contribution in [0.1, 0.15) is 11.1 Å². The molecule has 6 heteroatoms. The van der Waals surface area contributed by atoms with Crippen LogP contribution in [0.2, 0.25) is 5.02 Å². The molecule has 1 fully saturated rings. The number of hydrogen-bond donors (Lipinski definition) is 1. The van der Waals surface area contributed by atoms with Gasteiger partial charge in [0.1, 0.15) is 0 Å². The van der Waals surface area contributed by atoms with E-state index in [2.05, 4.69) is 42.3 Å². The summed E-state index contributed by atoms with van der Waals surface area (Å²) in [5.74, 6) is 0. The second kappa shape index (κ2) is 8.45. The molecule has 0 bridgehead atoms. The summed E-state index contributed by atoms with van der Waals surface area (Å²) in [5.41, 5.74) is 4.65. The van der Waals surface area contributed by atoms with E-state index >= 15 is 0 Å². The molecular formula is C19H23Cl2N3O. The van der Waals surface area contributed by atoms with Gasteiger partial charge in [-0.25, -0.2) is 4.79 Å². The van der Waals surface area contributed by atoms with Gasteiger partial charge in [-0.3, -0.25) is 0 Å². The fourth-order valence-electron chi connectivity index (χ4n) is 2.96. The maximum absolute atomic E-state index is 12.4. The lowest BCUT2D eigenvalue weighted by Gasteiger charge is -2.37. The Hall–Kier alpha value is -1.91. The third-order valence-electron chi connectivity index (χ3n) is 4.58. The molecule has 1 heterocycles. The molecule has 0 aliphatic carbocycles. The summed E-state index contributed by atoms with van der Waals surface area (Å²) in [6.45, 7) is 7.41. The van der Waals surface area contributed by atoms with Crippen molar-refractivity contribution in [1.82, 2.24) is 4.90 Å². The Balaban J connectivity index is 0.00000225. The topological polar surface area (TPSA) is 35.6 Å². The van der Waals surface area contributed by atoms with Crippen molar-refractivity contribution in [2.45, 2.75) is 13.8 Å². The largest absolute Gasteiger partial charge is 0.368 e. The van der Waals surface area contributed by atoms with Crippen LogP contribution >= 0.6 is 24.0 Å². The fraction of sp³-hybridized carbons (Fsp3) is 0.316. The Morgan fingerprint density at radius 1 is 1.00 bits per heavy atom. The molecule has 3 rings (SSSR count). The third-order valence-corrected chi connectivity index (χ3v) is 4.83. The van der Waals surface area contributed by atoms with Crippen LogP contribution in [0.4, 0.5) is 16.2 Å². The zero-order valence-corrected chi connectivity index (χ0v) is 16.0. The maximum atomic E-state index is 12.4. The van der Waals surface area contributed by atoms with E-state index < -0.39 is 0 Å². The molecule has 0 radical (unpaired) electrons. The minimum Gasteiger partial charge on any atom is -0.368 e. The van der Waals surface area contributed by atoms with Gasteiger partial charge in [-0.2, -0.15) is 0 Å². The highest BCUT2D eigenvalue weighted by molar-refractivity contribution is 6.30. The summed E-state index contributed by atoms with van der Waals surface area (Å²) in [7, 11) is 0. The Labute approximate surface area is 160 Å². The van der Waals surface area contributed by atoms with E-state index in [0.717, 1.165) is 18.8 Å². The summed E-state index contributed by atoms with van der Waals surface area (Å²) >= 11 is 5.87. The summed E-state index contributed by atoms with van der Waals surface area (Å²) in [6.07, 6.45) is 0. The van der Waals surface area contributed by atoms with E-state index in [1.165, 1.54) is 16.8 Å². The van der Waals surface area contributed by atoms with Gasteiger partial charge in [0.15, 0.2) is 0 Å². The van der Waals surface area contributed by atoms with Crippen molar-refractivity contribution in [3.8, 4) is 0 Å². The Morgan fingerprint density at radius 2 is 1.64 bits per heavy atom. The number of urea groups is 1. The van der Waals surface area contributed by atoms with Crippen molar-refractivity contribution in [3.63, 3.8) is 0 Å². The first-order chi connectivity index (χ1) is 11.5. The van der Waals surface area contributed by atoms with Gasteiger partial charge in [-0.15, -0.1) is 12.4 Å². The zero-order valence-electron chi connectivity index (χ0n) is 14.5. The number of carbonyl (C=O) groups is 1. The SMILES string of the molecule is Cc1cccc(N2CCN(C(=O)Nc3ccc(Cl)cc3)CC2)c1C.Cl. The van der Waals surface area contributed by atoms with Crippen LogP contribution in [-0.4, -0.2) is 37.1 Å². The summed E-state index contributed by atoms with van der Waals surface area (Å²) in [5, 5.41) is 3.59. The number of nitrogens with zero attached hydrogens (tertiary/aromatic N) is 2. The van der Waals surface area contributed by atoms with Crippen LogP contribution in [-0.2, 0) is 0 Å². The highest BCUT2D eigenvalue weighted by Gasteiger charge is 2.22. The predicted octanol–water partition coefficient (Wildman–Crippen LogP) is 4.73. The molecule has 0 unspecified atom stereocenters. The van der Waals surface area contributed by atoms with Crippen LogP contribution in [0, 0.1) is 13.8 Å². The Bertz CT molecular complexity index is 726. The van der Waals surface area contributed by atoms with Gasteiger partial charge in [-0.1, -0.05) is 23.7 Å². The lowest BCUT2D eigenvalue weighted by Crippen LogP contribution is -2.50. The molecule has 0 spiro atoms. The minimum absolute atomic E-state index is 0. The lowest BCUT2D eigenvalue weighted by atomic mass is 10.1. The molecule has 134 valence electrons. The standard InChI is InChI=1S/C19H22ClN3O.ClH/c1-14-4-3-5-18(15(14)2)22-10-12-23(13-11-22)19(24)21-17-8-6-16(20)7-9-17;/h3-9H,10-13H2,1-2H3,(H,21,24);1H. The van der Waals surface area contributed by atoms with Crippen molar-refractivity contribution in [2.75, 3.05) is 36.4 Å². The number of aryl methyl sites for hydroxylation is 1. The number of rotatable bonds is 2. The fourth-order valence-corrected chi connectivity index (χ4v) is 3.09.